The van der Waals surface area contributed by atoms with Gasteiger partial charge in [-0.25, -0.2) is 9.68 Å². The fraction of sp³-hybridized carbons (Fsp3) is 0.281. The second-order valence-electron chi connectivity index (χ2n) is 11.3. The molecule has 236 valence electrons. The number of nitrogens with one attached hydrogen (secondary N) is 2. The predicted molar refractivity (Wildman–Crippen MR) is 167 cm³/mol. The van der Waals surface area contributed by atoms with Crippen LogP contribution in [0.4, 0.5) is 0 Å². The normalized spacial score (nSPS) is 23.5. The van der Waals surface area contributed by atoms with Crippen LogP contribution < -0.4 is 16.6 Å². The van der Waals surface area contributed by atoms with Crippen molar-refractivity contribution in [3.63, 3.8) is 0 Å². The molecule has 13 nitrogen and oxygen atoms in total. The molecular weight excluding hydrogens is 617 g/mol. The van der Waals surface area contributed by atoms with Gasteiger partial charge in [0.05, 0.1) is 19.8 Å². The lowest BCUT2D eigenvalue weighted by molar-refractivity contribution is -0.275. The molecule has 1 aromatic heterocycles. The number of aromatic nitrogens is 2. The van der Waals surface area contributed by atoms with Gasteiger partial charge < -0.3 is 24.4 Å². The van der Waals surface area contributed by atoms with E-state index in [9.17, 15) is 23.8 Å². The van der Waals surface area contributed by atoms with Gasteiger partial charge in [0.25, 0.3) is 11.5 Å². The van der Waals surface area contributed by atoms with Crippen LogP contribution in [0.25, 0.3) is 32.3 Å². The van der Waals surface area contributed by atoms with Crippen LogP contribution in [-0.4, -0.2) is 71.7 Å². The maximum Gasteiger partial charge on any atom is 0.352 e. The zero-order chi connectivity index (χ0) is 32.2. The molecule has 0 spiro atoms. The van der Waals surface area contributed by atoms with Crippen LogP contribution in [0.5, 0.6) is 0 Å². The average Bonchev–Trinajstić information content (AvgIpc) is 3.52. The Hall–Kier alpha value is -4.38. The Balaban J connectivity index is 1.11. The van der Waals surface area contributed by atoms with Gasteiger partial charge in [0.2, 0.25) is 0 Å². The summed E-state index contributed by atoms with van der Waals surface area (Å²) in [5, 5.41) is 8.95. The fourth-order valence-corrected chi connectivity index (χ4v) is 6.54. The third-order valence-corrected chi connectivity index (χ3v) is 8.59. The van der Waals surface area contributed by atoms with Gasteiger partial charge in [-0.3, -0.25) is 23.7 Å². The number of fused-ring (bicyclic) bond motifs is 2. The lowest BCUT2D eigenvalue weighted by atomic mass is 9.92. The molecule has 3 heterocycles. The monoisotopic (exact) mass is 645 g/mol. The summed E-state index contributed by atoms with van der Waals surface area (Å²) in [6.45, 7) is 0.848. The third kappa shape index (κ3) is 5.20. The number of aromatic amines is 1. The molecule has 3 N–H and O–H groups in total. The van der Waals surface area contributed by atoms with E-state index in [1.54, 1.807) is 6.07 Å². The second-order valence-corrected chi connectivity index (χ2v) is 13.1. The predicted octanol–water partition coefficient (Wildman–Crippen LogP) is 2.66. The molecule has 14 heteroatoms. The van der Waals surface area contributed by atoms with E-state index in [2.05, 4.69) is 32.9 Å². The minimum atomic E-state index is -4.02. The van der Waals surface area contributed by atoms with Gasteiger partial charge in [-0.15, -0.1) is 4.67 Å². The summed E-state index contributed by atoms with van der Waals surface area (Å²) in [6.07, 6.45) is -1.86. The second kappa shape index (κ2) is 11.5. The Bertz CT molecular complexity index is 2220. The smallest absolute Gasteiger partial charge is 0.352 e. The number of methoxy groups -OCH3 is 1. The molecule has 0 radical (unpaired) electrons. The van der Waals surface area contributed by atoms with Crippen LogP contribution in [0.2, 0.25) is 0 Å². The molecule has 2 saturated heterocycles. The third-order valence-electron chi connectivity index (χ3n) is 8.22. The van der Waals surface area contributed by atoms with Crippen LogP contribution in [0.15, 0.2) is 70.4 Å². The molecule has 5 aromatic rings. The summed E-state index contributed by atoms with van der Waals surface area (Å²) >= 11 is 0. The van der Waals surface area contributed by atoms with E-state index in [1.807, 2.05) is 42.5 Å². The highest BCUT2D eigenvalue weighted by Crippen LogP contribution is 2.48. The highest BCUT2D eigenvalue weighted by Gasteiger charge is 2.64. The van der Waals surface area contributed by atoms with Crippen LogP contribution >= 0.6 is 7.60 Å². The number of amides is 1. The SMILES string of the molecule is COC[C@]12COC([C@H](n3cc(C#CCNC(=O)c4ccc5ccc6cccc7ccc4c5c67)c(=O)[nH]c3=O)O1)[C@@H]2OOP(C)(=O)O. The first kappa shape index (κ1) is 30.3. The van der Waals surface area contributed by atoms with Crippen LogP contribution in [0, 0.1) is 11.8 Å². The minimum absolute atomic E-state index is 0.00599. The summed E-state index contributed by atoms with van der Waals surface area (Å²) in [5.74, 6) is 5.16. The van der Waals surface area contributed by atoms with Crippen LogP contribution in [0.3, 0.4) is 0 Å². The average molecular weight is 646 g/mol. The Morgan fingerprint density at radius 3 is 2.59 bits per heavy atom. The summed E-state index contributed by atoms with van der Waals surface area (Å²) in [4.78, 5) is 55.7. The zero-order valence-corrected chi connectivity index (χ0v) is 25.5. The molecule has 5 atom stereocenters. The van der Waals surface area contributed by atoms with Crippen molar-refractivity contribution < 1.29 is 38.0 Å². The highest BCUT2D eigenvalue weighted by atomic mass is 31.2. The molecule has 4 aromatic carbocycles. The molecule has 2 aliphatic rings. The maximum absolute atomic E-state index is 13.3. The van der Waals surface area contributed by atoms with Gasteiger partial charge in [0.1, 0.15) is 17.3 Å². The van der Waals surface area contributed by atoms with Crippen molar-refractivity contribution in [1.29, 1.82) is 0 Å². The summed E-state index contributed by atoms with van der Waals surface area (Å²) in [5.41, 5.74) is -2.35. The first-order valence-electron chi connectivity index (χ1n) is 14.3. The van der Waals surface area contributed by atoms with E-state index in [4.69, 9.17) is 19.1 Å². The van der Waals surface area contributed by atoms with Crippen molar-refractivity contribution in [3.05, 3.63) is 92.8 Å². The van der Waals surface area contributed by atoms with Crippen molar-refractivity contribution >= 4 is 45.8 Å². The summed E-state index contributed by atoms with van der Waals surface area (Å²) in [7, 11) is -2.59. The van der Waals surface area contributed by atoms with Gasteiger partial charge in [0.15, 0.2) is 12.3 Å². The number of rotatable bonds is 8. The molecular formula is C32H28N3O10P. The van der Waals surface area contributed by atoms with Gasteiger partial charge >= 0.3 is 13.3 Å². The number of hydrogen-bond donors (Lipinski definition) is 3. The molecule has 2 bridgehead atoms. The van der Waals surface area contributed by atoms with Gasteiger partial charge in [-0.2, -0.15) is 0 Å². The van der Waals surface area contributed by atoms with Crippen molar-refractivity contribution in [2.24, 2.45) is 0 Å². The molecule has 46 heavy (non-hydrogen) atoms. The van der Waals surface area contributed by atoms with E-state index >= 15 is 0 Å². The quantitative estimate of drug-likeness (QED) is 0.0751. The first-order valence-corrected chi connectivity index (χ1v) is 16.3. The van der Waals surface area contributed by atoms with Gasteiger partial charge in [-0.1, -0.05) is 60.4 Å². The maximum atomic E-state index is 13.3. The zero-order valence-electron chi connectivity index (χ0n) is 24.6. The largest absolute Gasteiger partial charge is 0.381 e. The fourth-order valence-electron chi connectivity index (χ4n) is 6.29. The van der Waals surface area contributed by atoms with Crippen molar-refractivity contribution in [1.82, 2.24) is 14.9 Å². The topological polar surface area (TPSA) is 167 Å². The number of nitrogens with zero attached hydrogens (tertiary/aromatic N) is 1. The number of H-pyrrole nitrogens is 1. The molecule has 2 aliphatic heterocycles. The van der Waals surface area contributed by atoms with Gasteiger partial charge in [0, 0.05) is 25.5 Å². The summed E-state index contributed by atoms with van der Waals surface area (Å²) < 4.78 is 34.7. The van der Waals surface area contributed by atoms with E-state index in [0.29, 0.717) is 5.56 Å². The molecule has 7 rings (SSSR count). The Labute approximate surface area is 260 Å². The molecule has 0 saturated carbocycles. The summed E-state index contributed by atoms with van der Waals surface area (Å²) in [6, 6.07) is 17.8. The molecule has 0 aliphatic carbocycles. The first-order chi connectivity index (χ1) is 22.1. The number of hydrogen-bond acceptors (Lipinski definition) is 9. The lowest BCUT2D eigenvalue weighted by Crippen LogP contribution is -2.46. The Morgan fingerprint density at radius 2 is 1.85 bits per heavy atom. The van der Waals surface area contributed by atoms with E-state index in [1.165, 1.54) is 13.3 Å². The number of ether oxygens (including phenoxy) is 3. The van der Waals surface area contributed by atoms with E-state index in [0.717, 1.165) is 43.5 Å². The van der Waals surface area contributed by atoms with Crippen molar-refractivity contribution in [2.45, 2.75) is 24.0 Å². The molecule has 2 unspecified atom stereocenters. The standard InChI is InChI=1S/C32H28N3O10P/c1-41-16-32-17-42-26(27(32)44-45-46(2,39)40)30(43-32)35-15-21(28(36)34-31(35)38)7-4-14-33-29(37)23-13-11-20-9-8-18-5-3-6-19-10-12-22(23)25(20)24(18)19/h3,5-6,8-13,15,26-27,30H,14,16-17H2,1-2H3,(H,33,37)(H,39,40)(H,34,36,38)/t26?,27-,30+,32+/m0/s1. The van der Waals surface area contributed by atoms with Gasteiger partial charge in [-0.05, 0) is 38.4 Å². The van der Waals surface area contributed by atoms with Crippen LogP contribution in [0.1, 0.15) is 22.1 Å². The molecule has 1 amide bonds. The number of benzene rings is 4. The lowest BCUT2D eigenvalue weighted by Gasteiger charge is -2.30. The molecule has 2 fully saturated rings. The Morgan fingerprint density at radius 1 is 1.13 bits per heavy atom. The number of carbonyl (C=O) groups is 1. The van der Waals surface area contributed by atoms with Crippen molar-refractivity contribution in [3.8, 4) is 11.8 Å². The van der Waals surface area contributed by atoms with Crippen molar-refractivity contribution in [2.75, 3.05) is 33.5 Å². The van der Waals surface area contributed by atoms with E-state index in [-0.39, 0.29) is 31.2 Å². The number of carbonyl (C=O) groups excluding carboxylic acids is 1. The Kier molecular flexibility index (Phi) is 7.54. The minimum Gasteiger partial charge on any atom is -0.381 e. The highest BCUT2D eigenvalue weighted by molar-refractivity contribution is 7.51. The van der Waals surface area contributed by atoms with E-state index < -0.39 is 42.9 Å². The van der Waals surface area contributed by atoms with Crippen LogP contribution in [-0.2, 0) is 28.3 Å².